The Morgan fingerprint density at radius 2 is 2.07 bits per heavy atom. The predicted octanol–water partition coefficient (Wildman–Crippen LogP) is 3.85. The molecular formula is C18H14N6O4S. The van der Waals surface area contributed by atoms with Gasteiger partial charge < -0.3 is 9.84 Å². The SMILES string of the molecule is [C-]#[N+]c1c(C)c(N=Nc2nncs2)c(=O)n(-c2ccc(C(=O)OCC)cc2)c1O. The van der Waals surface area contributed by atoms with Crippen molar-refractivity contribution >= 4 is 33.8 Å². The Morgan fingerprint density at radius 3 is 2.66 bits per heavy atom. The highest BCUT2D eigenvalue weighted by molar-refractivity contribution is 7.13. The van der Waals surface area contributed by atoms with Crippen molar-refractivity contribution in [3.63, 3.8) is 0 Å². The first-order valence-corrected chi connectivity index (χ1v) is 9.17. The van der Waals surface area contributed by atoms with Crippen LogP contribution in [0.3, 0.4) is 0 Å². The number of aromatic hydroxyl groups is 1. The lowest BCUT2D eigenvalue weighted by Crippen LogP contribution is -2.19. The van der Waals surface area contributed by atoms with Crippen LogP contribution >= 0.6 is 11.3 Å². The molecule has 0 fully saturated rings. The highest BCUT2D eigenvalue weighted by Crippen LogP contribution is 2.36. The zero-order valence-electron chi connectivity index (χ0n) is 15.4. The van der Waals surface area contributed by atoms with E-state index in [9.17, 15) is 14.7 Å². The maximum absolute atomic E-state index is 13.0. The van der Waals surface area contributed by atoms with Gasteiger partial charge in [-0.2, -0.15) is 0 Å². The van der Waals surface area contributed by atoms with Crippen LogP contribution in [0.2, 0.25) is 0 Å². The minimum atomic E-state index is -0.676. The number of hydrogen-bond donors (Lipinski definition) is 1. The van der Waals surface area contributed by atoms with Gasteiger partial charge in [-0.3, -0.25) is 9.36 Å². The molecule has 0 unspecified atom stereocenters. The number of hydrogen-bond acceptors (Lipinski definition) is 9. The van der Waals surface area contributed by atoms with E-state index in [1.807, 2.05) is 0 Å². The largest absolute Gasteiger partial charge is 0.502 e. The van der Waals surface area contributed by atoms with Gasteiger partial charge in [-0.1, -0.05) is 11.3 Å². The van der Waals surface area contributed by atoms with Crippen LogP contribution in [0, 0.1) is 13.5 Å². The van der Waals surface area contributed by atoms with E-state index in [0.29, 0.717) is 0 Å². The molecule has 0 atom stereocenters. The number of esters is 1. The molecular weight excluding hydrogens is 396 g/mol. The number of azo groups is 1. The van der Waals surface area contributed by atoms with Crippen LogP contribution in [0.15, 0.2) is 44.8 Å². The molecule has 146 valence electrons. The van der Waals surface area contributed by atoms with Crippen molar-refractivity contribution in [2.24, 2.45) is 10.2 Å². The average Bonchev–Trinajstić information content (AvgIpc) is 3.22. The summed E-state index contributed by atoms with van der Waals surface area (Å²) in [4.78, 5) is 28.1. The predicted molar refractivity (Wildman–Crippen MR) is 105 cm³/mol. The Bertz CT molecular complexity index is 1180. The van der Waals surface area contributed by atoms with Gasteiger partial charge in [0.25, 0.3) is 16.4 Å². The number of benzene rings is 1. The van der Waals surface area contributed by atoms with Crippen molar-refractivity contribution in [2.75, 3.05) is 6.61 Å². The second-order valence-electron chi connectivity index (χ2n) is 5.59. The summed E-state index contributed by atoms with van der Waals surface area (Å²) in [5, 5.41) is 25.9. The van der Waals surface area contributed by atoms with Crippen molar-refractivity contribution < 1.29 is 14.6 Å². The molecule has 29 heavy (non-hydrogen) atoms. The third-order valence-electron chi connectivity index (χ3n) is 3.87. The molecule has 0 spiro atoms. The van der Waals surface area contributed by atoms with Gasteiger partial charge in [0.15, 0.2) is 0 Å². The fourth-order valence-corrected chi connectivity index (χ4v) is 2.87. The standard InChI is InChI=1S/C18H14N6O4S/c1-4-28-17(27)11-5-7-12(8-6-11)24-15(25)13(19-3)10(2)14(16(24)26)21-23-18-22-20-9-29-18/h5-9,25H,4H2,1-2H3. The Balaban J connectivity index is 2.14. The van der Waals surface area contributed by atoms with Gasteiger partial charge in [-0.15, -0.1) is 20.4 Å². The number of nitrogens with zero attached hydrogens (tertiary/aromatic N) is 6. The smallest absolute Gasteiger partial charge is 0.338 e. The van der Waals surface area contributed by atoms with E-state index in [1.165, 1.54) is 36.7 Å². The quantitative estimate of drug-likeness (QED) is 0.387. The van der Waals surface area contributed by atoms with E-state index < -0.39 is 17.4 Å². The second-order valence-corrected chi connectivity index (χ2v) is 6.40. The molecule has 0 aliphatic carbocycles. The van der Waals surface area contributed by atoms with Gasteiger partial charge >= 0.3 is 5.97 Å². The van der Waals surface area contributed by atoms with Crippen LogP contribution in [-0.2, 0) is 4.74 Å². The normalized spacial score (nSPS) is 10.8. The summed E-state index contributed by atoms with van der Waals surface area (Å²) >= 11 is 1.13. The van der Waals surface area contributed by atoms with Crippen LogP contribution in [0.1, 0.15) is 22.8 Å². The molecule has 3 rings (SSSR count). The number of aromatic nitrogens is 3. The molecule has 1 N–H and O–H groups in total. The molecule has 0 saturated heterocycles. The summed E-state index contributed by atoms with van der Waals surface area (Å²) in [6, 6.07) is 5.84. The average molecular weight is 410 g/mol. The second kappa shape index (κ2) is 8.41. The van der Waals surface area contributed by atoms with Crippen molar-refractivity contribution in [2.45, 2.75) is 13.8 Å². The molecule has 1 aromatic carbocycles. The van der Waals surface area contributed by atoms with E-state index in [1.54, 1.807) is 6.92 Å². The molecule has 0 aliphatic heterocycles. The first-order chi connectivity index (χ1) is 14.0. The van der Waals surface area contributed by atoms with Crippen LogP contribution in [-0.4, -0.2) is 32.4 Å². The van der Waals surface area contributed by atoms with Gasteiger partial charge in [0.05, 0.1) is 24.4 Å². The number of ether oxygens (including phenoxy) is 1. The van der Waals surface area contributed by atoms with Crippen LogP contribution < -0.4 is 5.56 Å². The van der Waals surface area contributed by atoms with E-state index >= 15 is 0 Å². The summed E-state index contributed by atoms with van der Waals surface area (Å²) in [6.45, 7) is 10.8. The topological polar surface area (TPSA) is 123 Å². The van der Waals surface area contributed by atoms with Crippen molar-refractivity contribution in [3.8, 4) is 11.6 Å². The zero-order chi connectivity index (χ0) is 21.0. The minimum absolute atomic E-state index is 0.113. The fourth-order valence-electron chi connectivity index (χ4n) is 2.50. The minimum Gasteiger partial charge on any atom is -0.502 e. The molecule has 3 aromatic rings. The molecule has 10 nitrogen and oxygen atoms in total. The highest BCUT2D eigenvalue weighted by Gasteiger charge is 2.21. The Hall–Kier alpha value is -3.91. The number of rotatable bonds is 5. The molecule has 0 bridgehead atoms. The highest BCUT2D eigenvalue weighted by atomic mass is 32.1. The van der Waals surface area contributed by atoms with Crippen molar-refractivity contribution in [3.05, 3.63) is 62.7 Å². The summed E-state index contributed by atoms with van der Waals surface area (Å²) < 4.78 is 5.86. The Kier molecular flexibility index (Phi) is 5.75. The van der Waals surface area contributed by atoms with Gasteiger partial charge in [0.2, 0.25) is 5.88 Å². The molecule has 0 aliphatic rings. The lowest BCUT2D eigenvalue weighted by Gasteiger charge is -2.13. The Morgan fingerprint density at radius 1 is 1.34 bits per heavy atom. The maximum Gasteiger partial charge on any atom is 0.338 e. The lowest BCUT2D eigenvalue weighted by atomic mass is 10.1. The first kappa shape index (κ1) is 19.8. The number of carbonyl (C=O) groups excluding carboxylic acids is 1. The number of carbonyl (C=O) groups is 1. The van der Waals surface area contributed by atoms with Crippen LogP contribution in [0.4, 0.5) is 16.5 Å². The molecule has 11 heteroatoms. The summed E-state index contributed by atoms with van der Waals surface area (Å²) in [5.41, 5.74) is 1.27. The van der Waals surface area contributed by atoms with Crippen LogP contribution in [0.5, 0.6) is 5.88 Å². The third kappa shape index (κ3) is 3.87. The van der Waals surface area contributed by atoms with E-state index in [0.717, 1.165) is 15.9 Å². The summed E-state index contributed by atoms with van der Waals surface area (Å²) in [6.07, 6.45) is 0. The van der Waals surface area contributed by atoms with Gasteiger partial charge in [0.1, 0.15) is 11.2 Å². The first-order valence-electron chi connectivity index (χ1n) is 8.29. The number of pyridine rings is 1. The molecule has 0 amide bonds. The third-order valence-corrected chi connectivity index (χ3v) is 4.45. The van der Waals surface area contributed by atoms with Gasteiger partial charge in [-0.05, 0) is 43.7 Å². The van der Waals surface area contributed by atoms with Crippen LogP contribution in [0.25, 0.3) is 10.5 Å². The van der Waals surface area contributed by atoms with E-state index in [-0.39, 0.29) is 39.9 Å². The summed E-state index contributed by atoms with van der Waals surface area (Å²) in [7, 11) is 0. The van der Waals surface area contributed by atoms with Crippen molar-refractivity contribution in [1.82, 2.24) is 14.8 Å². The zero-order valence-corrected chi connectivity index (χ0v) is 16.2. The lowest BCUT2D eigenvalue weighted by molar-refractivity contribution is 0.0526. The molecule has 2 aromatic heterocycles. The van der Waals surface area contributed by atoms with Crippen molar-refractivity contribution in [1.29, 1.82) is 0 Å². The monoisotopic (exact) mass is 410 g/mol. The molecule has 0 radical (unpaired) electrons. The van der Waals surface area contributed by atoms with E-state index in [2.05, 4.69) is 25.3 Å². The Labute approximate surface area is 168 Å². The maximum atomic E-state index is 13.0. The van der Waals surface area contributed by atoms with E-state index in [4.69, 9.17) is 11.3 Å². The van der Waals surface area contributed by atoms with Gasteiger partial charge in [0, 0.05) is 0 Å². The van der Waals surface area contributed by atoms with Gasteiger partial charge in [-0.25, -0.2) is 9.64 Å². The fraction of sp³-hybridized carbons (Fsp3) is 0.167. The molecule has 0 saturated carbocycles. The summed E-state index contributed by atoms with van der Waals surface area (Å²) in [5.74, 6) is -1.03. The molecule has 2 heterocycles.